The highest BCUT2D eigenvalue weighted by Gasteiger charge is 2.05. The molecule has 2 aromatic rings. The number of unbranched alkanes of at least 4 members (excludes halogenated alkanes) is 1. The number of hydrogen-bond donors (Lipinski definition) is 1. The second-order valence-corrected chi connectivity index (χ2v) is 5.28. The number of hydrogen-bond acceptors (Lipinski definition) is 2. The highest BCUT2D eigenvalue weighted by molar-refractivity contribution is 5.84. The van der Waals surface area contributed by atoms with E-state index in [4.69, 9.17) is 4.74 Å². The Bertz CT molecular complexity index is 516. The molecule has 0 atom stereocenters. The number of aromatic nitrogens is 1. The highest BCUT2D eigenvalue weighted by Crippen LogP contribution is 2.24. The van der Waals surface area contributed by atoms with Crippen molar-refractivity contribution in [2.75, 3.05) is 27.2 Å². The van der Waals surface area contributed by atoms with Crippen molar-refractivity contribution in [3.63, 3.8) is 0 Å². The third-order valence-corrected chi connectivity index (χ3v) is 3.33. The van der Waals surface area contributed by atoms with E-state index < -0.39 is 0 Å². The quantitative estimate of drug-likeness (QED) is 0.772. The molecular formula is C16H24N2O. The molecule has 0 bridgehead atoms. The van der Waals surface area contributed by atoms with Crippen molar-refractivity contribution in [3.8, 4) is 5.75 Å². The van der Waals surface area contributed by atoms with Crippen LogP contribution in [0.4, 0.5) is 0 Å². The summed E-state index contributed by atoms with van der Waals surface area (Å²) in [6.45, 7) is 4.05. The minimum Gasteiger partial charge on any atom is -0.494 e. The number of H-pyrrole nitrogens is 1. The van der Waals surface area contributed by atoms with E-state index in [2.05, 4.69) is 49.2 Å². The second kappa shape index (κ2) is 6.62. The van der Waals surface area contributed by atoms with E-state index in [1.165, 1.54) is 22.9 Å². The van der Waals surface area contributed by atoms with Crippen molar-refractivity contribution in [3.05, 3.63) is 30.0 Å². The Hall–Kier alpha value is -1.48. The van der Waals surface area contributed by atoms with Crippen LogP contribution in [0, 0.1) is 0 Å². The number of ether oxygens (including phenoxy) is 1. The van der Waals surface area contributed by atoms with E-state index in [0.717, 1.165) is 31.7 Å². The third-order valence-electron chi connectivity index (χ3n) is 3.33. The Labute approximate surface area is 115 Å². The van der Waals surface area contributed by atoms with Gasteiger partial charge in [0, 0.05) is 23.6 Å². The average Bonchev–Trinajstić information content (AvgIpc) is 2.79. The zero-order valence-corrected chi connectivity index (χ0v) is 12.2. The summed E-state index contributed by atoms with van der Waals surface area (Å²) in [5.74, 6) is 0.978. The summed E-state index contributed by atoms with van der Waals surface area (Å²) in [7, 11) is 4.21. The first-order chi connectivity index (χ1) is 9.20. The van der Waals surface area contributed by atoms with E-state index in [1.807, 2.05) is 6.07 Å². The zero-order chi connectivity index (χ0) is 13.7. The van der Waals surface area contributed by atoms with Crippen LogP contribution in [-0.4, -0.2) is 37.1 Å². The maximum absolute atomic E-state index is 5.78. The predicted octanol–water partition coefficient (Wildman–Crippen LogP) is 3.45. The van der Waals surface area contributed by atoms with Gasteiger partial charge in [0.05, 0.1) is 6.61 Å². The van der Waals surface area contributed by atoms with E-state index in [1.54, 1.807) is 0 Å². The summed E-state index contributed by atoms with van der Waals surface area (Å²) in [4.78, 5) is 5.54. The molecule has 0 saturated heterocycles. The molecule has 0 amide bonds. The Balaban J connectivity index is 2.12. The van der Waals surface area contributed by atoms with E-state index in [0.29, 0.717) is 0 Å². The van der Waals surface area contributed by atoms with Crippen LogP contribution in [0.2, 0.25) is 0 Å². The molecule has 1 N–H and O–H groups in total. The number of benzene rings is 1. The summed E-state index contributed by atoms with van der Waals surface area (Å²) in [6.07, 6.45) is 5.45. The molecule has 0 unspecified atom stereocenters. The van der Waals surface area contributed by atoms with Gasteiger partial charge in [-0.15, -0.1) is 0 Å². The Morgan fingerprint density at radius 1 is 1.26 bits per heavy atom. The molecule has 0 radical (unpaired) electrons. The molecule has 1 heterocycles. The maximum Gasteiger partial charge on any atom is 0.120 e. The van der Waals surface area contributed by atoms with Crippen molar-refractivity contribution < 1.29 is 4.74 Å². The van der Waals surface area contributed by atoms with Gasteiger partial charge in [-0.3, -0.25) is 0 Å². The number of aromatic amines is 1. The molecule has 0 aliphatic rings. The summed E-state index contributed by atoms with van der Waals surface area (Å²) >= 11 is 0. The number of rotatable bonds is 7. The summed E-state index contributed by atoms with van der Waals surface area (Å²) in [5.41, 5.74) is 2.56. The van der Waals surface area contributed by atoms with Crippen LogP contribution in [0.25, 0.3) is 10.9 Å². The SMILES string of the molecule is CCCCOc1ccc2[nH]cc(CCN(C)C)c2c1. The van der Waals surface area contributed by atoms with Gasteiger partial charge in [-0.2, -0.15) is 0 Å². The fourth-order valence-corrected chi connectivity index (χ4v) is 2.13. The normalized spacial score (nSPS) is 11.4. The molecule has 104 valence electrons. The molecule has 0 fully saturated rings. The fraction of sp³-hybridized carbons (Fsp3) is 0.500. The molecule has 0 aliphatic carbocycles. The Morgan fingerprint density at radius 3 is 2.84 bits per heavy atom. The van der Waals surface area contributed by atoms with Gasteiger partial charge in [0.2, 0.25) is 0 Å². The van der Waals surface area contributed by atoms with Gasteiger partial charge >= 0.3 is 0 Å². The number of fused-ring (bicyclic) bond motifs is 1. The van der Waals surface area contributed by atoms with Crippen molar-refractivity contribution in [1.82, 2.24) is 9.88 Å². The van der Waals surface area contributed by atoms with Crippen molar-refractivity contribution >= 4 is 10.9 Å². The first-order valence-corrected chi connectivity index (χ1v) is 7.08. The molecule has 0 aliphatic heterocycles. The van der Waals surface area contributed by atoms with Gasteiger partial charge in [-0.05, 0) is 50.7 Å². The van der Waals surface area contributed by atoms with Crippen molar-refractivity contribution in [2.24, 2.45) is 0 Å². The molecule has 19 heavy (non-hydrogen) atoms. The van der Waals surface area contributed by atoms with Gasteiger partial charge in [-0.25, -0.2) is 0 Å². The lowest BCUT2D eigenvalue weighted by Crippen LogP contribution is -2.14. The van der Waals surface area contributed by atoms with E-state index >= 15 is 0 Å². The van der Waals surface area contributed by atoms with Gasteiger partial charge < -0.3 is 14.6 Å². The largest absolute Gasteiger partial charge is 0.494 e. The first-order valence-electron chi connectivity index (χ1n) is 7.08. The van der Waals surface area contributed by atoms with Crippen LogP contribution in [-0.2, 0) is 6.42 Å². The summed E-state index contributed by atoms with van der Waals surface area (Å²) < 4.78 is 5.78. The maximum atomic E-state index is 5.78. The fourth-order valence-electron chi connectivity index (χ4n) is 2.13. The Kier molecular flexibility index (Phi) is 4.86. The van der Waals surface area contributed by atoms with Crippen molar-refractivity contribution in [2.45, 2.75) is 26.2 Å². The van der Waals surface area contributed by atoms with Gasteiger partial charge in [-0.1, -0.05) is 13.3 Å². The van der Waals surface area contributed by atoms with Crippen LogP contribution in [0.1, 0.15) is 25.3 Å². The lowest BCUT2D eigenvalue weighted by molar-refractivity contribution is 0.310. The average molecular weight is 260 g/mol. The van der Waals surface area contributed by atoms with Crippen LogP contribution in [0.15, 0.2) is 24.4 Å². The van der Waals surface area contributed by atoms with E-state index in [9.17, 15) is 0 Å². The lowest BCUT2D eigenvalue weighted by atomic mass is 10.1. The van der Waals surface area contributed by atoms with Crippen LogP contribution in [0.3, 0.4) is 0 Å². The Morgan fingerprint density at radius 2 is 2.11 bits per heavy atom. The van der Waals surface area contributed by atoms with Crippen LogP contribution < -0.4 is 4.74 Å². The molecule has 0 spiro atoms. The number of likely N-dealkylation sites (N-methyl/N-ethyl adjacent to an activating group) is 1. The predicted molar refractivity (Wildman–Crippen MR) is 81.0 cm³/mol. The number of nitrogens with one attached hydrogen (secondary N) is 1. The molecule has 3 nitrogen and oxygen atoms in total. The highest BCUT2D eigenvalue weighted by atomic mass is 16.5. The molecule has 0 saturated carbocycles. The monoisotopic (exact) mass is 260 g/mol. The topological polar surface area (TPSA) is 28.3 Å². The number of nitrogens with zero attached hydrogens (tertiary/aromatic N) is 1. The molecule has 2 rings (SSSR count). The van der Waals surface area contributed by atoms with Crippen molar-refractivity contribution in [1.29, 1.82) is 0 Å². The third kappa shape index (κ3) is 3.74. The summed E-state index contributed by atoms with van der Waals surface area (Å²) in [5, 5.41) is 1.29. The smallest absolute Gasteiger partial charge is 0.120 e. The molecule has 3 heteroatoms. The van der Waals surface area contributed by atoms with Gasteiger partial charge in [0.1, 0.15) is 5.75 Å². The van der Waals surface area contributed by atoms with Gasteiger partial charge in [0.15, 0.2) is 0 Å². The van der Waals surface area contributed by atoms with Crippen LogP contribution in [0.5, 0.6) is 5.75 Å². The first kappa shape index (κ1) is 13.9. The standard InChI is InChI=1S/C16H24N2O/c1-4-5-10-19-14-6-7-16-15(11-14)13(12-17-16)8-9-18(2)3/h6-7,11-12,17H,4-5,8-10H2,1-3H3. The van der Waals surface area contributed by atoms with E-state index in [-0.39, 0.29) is 0 Å². The van der Waals surface area contributed by atoms with Gasteiger partial charge in [0.25, 0.3) is 0 Å². The minimum atomic E-state index is 0.805. The summed E-state index contributed by atoms with van der Waals surface area (Å²) in [6, 6.07) is 6.31. The molecular weight excluding hydrogens is 236 g/mol. The lowest BCUT2D eigenvalue weighted by Gasteiger charge is -2.09. The molecule has 1 aromatic carbocycles. The van der Waals surface area contributed by atoms with Crippen LogP contribution >= 0.6 is 0 Å². The zero-order valence-electron chi connectivity index (χ0n) is 12.2. The second-order valence-electron chi connectivity index (χ2n) is 5.28. The minimum absolute atomic E-state index is 0.805. The molecule has 1 aromatic heterocycles.